The van der Waals surface area contributed by atoms with Crippen LogP contribution in [0.25, 0.3) is 0 Å². The van der Waals surface area contributed by atoms with Gasteiger partial charge in [-0.05, 0) is 44.7 Å². The predicted octanol–water partition coefficient (Wildman–Crippen LogP) is 6.25. The average Bonchev–Trinajstić information content (AvgIpc) is 3.07. The molecule has 1 amide bonds. The zero-order chi connectivity index (χ0) is 24.8. The molecule has 1 atom stereocenters. The number of amides is 1. The lowest BCUT2D eigenvalue weighted by Gasteiger charge is -2.31. The monoisotopic (exact) mass is 460 g/mol. The van der Waals surface area contributed by atoms with Gasteiger partial charge in [-0.1, -0.05) is 59.8 Å². The number of ether oxygens (including phenoxy) is 1. The largest absolute Gasteiger partial charge is 0.493 e. The first kappa shape index (κ1) is 27.0. The van der Waals surface area contributed by atoms with Crippen LogP contribution in [-0.2, 0) is 16.0 Å². The maximum absolute atomic E-state index is 13.0. The van der Waals surface area contributed by atoms with E-state index >= 15 is 0 Å². The number of rotatable bonds is 12. The number of aliphatic carboxylic acids is 1. The number of carbonyl (C=O) groups is 2. The Hall–Kier alpha value is -2.24. The fourth-order valence-corrected chi connectivity index (χ4v) is 4.69. The van der Waals surface area contributed by atoms with Crippen molar-refractivity contribution in [1.29, 1.82) is 0 Å². The van der Waals surface area contributed by atoms with Gasteiger partial charge in [0.15, 0.2) is 0 Å². The summed E-state index contributed by atoms with van der Waals surface area (Å²) in [4.78, 5) is 26.9. The Morgan fingerprint density at radius 3 is 2.27 bits per heavy atom. The molecule has 0 saturated carbocycles. The van der Waals surface area contributed by atoms with Crippen LogP contribution in [0.3, 0.4) is 0 Å². The first-order chi connectivity index (χ1) is 15.5. The SMILES string of the molecule is CCCCCCCCN1c2c(c(C)c(OCC)c(C)c2NC(=O)C(C)(C)C)CC1CC(=O)O. The van der Waals surface area contributed by atoms with Crippen LogP contribution in [0.15, 0.2) is 0 Å². The average molecular weight is 461 g/mol. The molecule has 1 unspecified atom stereocenters. The van der Waals surface area contributed by atoms with Crippen molar-refractivity contribution in [3.63, 3.8) is 0 Å². The van der Waals surface area contributed by atoms with Crippen molar-refractivity contribution in [1.82, 2.24) is 0 Å². The topological polar surface area (TPSA) is 78.9 Å². The van der Waals surface area contributed by atoms with Crippen LogP contribution in [0.5, 0.6) is 5.75 Å². The number of nitrogens with zero attached hydrogens (tertiary/aromatic N) is 1. The normalized spacial score (nSPS) is 15.5. The fourth-order valence-electron chi connectivity index (χ4n) is 4.69. The van der Waals surface area contributed by atoms with Crippen LogP contribution >= 0.6 is 0 Å². The van der Waals surface area contributed by atoms with Crippen molar-refractivity contribution in [3.8, 4) is 5.75 Å². The number of nitrogens with one attached hydrogen (secondary N) is 1. The molecule has 2 N–H and O–H groups in total. The first-order valence-electron chi connectivity index (χ1n) is 12.6. The molecule has 33 heavy (non-hydrogen) atoms. The minimum absolute atomic E-state index is 0.0553. The highest BCUT2D eigenvalue weighted by molar-refractivity contribution is 6.00. The Bertz CT molecular complexity index is 842. The lowest BCUT2D eigenvalue weighted by molar-refractivity contribution is -0.137. The number of carbonyl (C=O) groups excluding carboxylic acids is 1. The summed E-state index contributed by atoms with van der Waals surface area (Å²) < 4.78 is 6.00. The van der Waals surface area contributed by atoms with E-state index < -0.39 is 11.4 Å². The van der Waals surface area contributed by atoms with Gasteiger partial charge in [0, 0.05) is 23.6 Å². The Kier molecular flexibility index (Phi) is 9.62. The Balaban J connectivity index is 2.48. The number of carboxylic acids is 1. The highest BCUT2D eigenvalue weighted by atomic mass is 16.5. The van der Waals surface area contributed by atoms with Crippen molar-refractivity contribution < 1.29 is 19.4 Å². The second kappa shape index (κ2) is 11.8. The molecule has 0 aliphatic carbocycles. The van der Waals surface area contributed by atoms with E-state index in [9.17, 15) is 14.7 Å². The van der Waals surface area contributed by atoms with Crippen LogP contribution in [0, 0.1) is 19.3 Å². The predicted molar refractivity (Wildman–Crippen MR) is 136 cm³/mol. The van der Waals surface area contributed by atoms with Gasteiger partial charge in [0.1, 0.15) is 5.75 Å². The molecule has 0 saturated heterocycles. The molecule has 0 bridgehead atoms. The number of unbranched alkanes of at least 4 members (excludes halogenated alkanes) is 5. The van der Waals surface area contributed by atoms with E-state index in [4.69, 9.17) is 4.74 Å². The lowest BCUT2D eigenvalue weighted by Crippen LogP contribution is -2.36. The van der Waals surface area contributed by atoms with Gasteiger partial charge in [-0.2, -0.15) is 0 Å². The molecule has 0 fully saturated rings. The second-order valence-corrected chi connectivity index (χ2v) is 10.3. The zero-order valence-corrected chi connectivity index (χ0v) is 21.8. The van der Waals surface area contributed by atoms with Crippen LogP contribution < -0.4 is 15.0 Å². The van der Waals surface area contributed by atoms with Crippen LogP contribution in [0.4, 0.5) is 11.4 Å². The number of hydrogen-bond donors (Lipinski definition) is 2. The van der Waals surface area contributed by atoms with E-state index in [1.807, 2.05) is 34.6 Å². The number of carboxylic acid groups (broad SMARTS) is 1. The molecule has 1 aromatic rings. The lowest BCUT2D eigenvalue weighted by atomic mass is 9.94. The summed E-state index contributed by atoms with van der Waals surface area (Å²) in [5.74, 6) is -0.0447. The molecular formula is C27H44N2O4. The van der Waals surface area contributed by atoms with Gasteiger partial charge >= 0.3 is 5.97 Å². The Morgan fingerprint density at radius 2 is 1.70 bits per heavy atom. The second-order valence-electron chi connectivity index (χ2n) is 10.3. The molecule has 1 aromatic carbocycles. The van der Waals surface area contributed by atoms with Crippen molar-refractivity contribution in [3.05, 3.63) is 16.7 Å². The van der Waals surface area contributed by atoms with Crippen LogP contribution in [-0.4, -0.2) is 36.2 Å². The number of anilines is 2. The number of hydrogen-bond acceptors (Lipinski definition) is 4. The van der Waals surface area contributed by atoms with E-state index in [1.54, 1.807) is 0 Å². The van der Waals surface area contributed by atoms with Crippen molar-refractivity contribution in [2.75, 3.05) is 23.4 Å². The first-order valence-corrected chi connectivity index (χ1v) is 12.6. The molecule has 0 aromatic heterocycles. The van der Waals surface area contributed by atoms with Gasteiger partial charge < -0.3 is 20.1 Å². The van der Waals surface area contributed by atoms with E-state index in [0.717, 1.165) is 53.2 Å². The summed E-state index contributed by atoms with van der Waals surface area (Å²) in [5, 5.41) is 12.8. The summed E-state index contributed by atoms with van der Waals surface area (Å²) in [6.07, 6.45) is 7.80. The van der Waals surface area contributed by atoms with Gasteiger partial charge in [0.05, 0.1) is 24.4 Å². The van der Waals surface area contributed by atoms with Gasteiger partial charge in [0.25, 0.3) is 0 Å². The third-order valence-corrected chi connectivity index (χ3v) is 6.57. The van der Waals surface area contributed by atoms with E-state index in [-0.39, 0.29) is 18.4 Å². The van der Waals surface area contributed by atoms with Crippen molar-refractivity contribution in [2.24, 2.45) is 5.41 Å². The maximum Gasteiger partial charge on any atom is 0.305 e. The molecule has 6 heteroatoms. The Morgan fingerprint density at radius 1 is 1.06 bits per heavy atom. The summed E-state index contributed by atoms with van der Waals surface area (Å²) in [7, 11) is 0. The molecule has 0 spiro atoms. The number of fused-ring (bicyclic) bond motifs is 1. The van der Waals surface area contributed by atoms with Crippen molar-refractivity contribution >= 4 is 23.3 Å². The molecule has 186 valence electrons. The molecule has 1 aliphatic rings. The summed E-state index contributed by atoms with van der Waals surface area (Å²) in [6, 6.07) is -0.117. The van der Waals surface area contributed by atoms with Crippen LogP contribution in [0.2, 0.25) is 0 Å². The van der Waals surface area contributed by atoms with Gasteiger partial charge in [0.2, 0.25) is 5.91 Å². The Labute approximate surface area is 200 Å². The number of benzene rings is 1. The van der Waals surface area contributed by atoms with Gasteiger partial charge in [-0.25, -0.2) is 0 Å². The summed E-state index contributed by atoms with van der Waals surface area (Å²) in [5.41, 5.74) is 4.29. The highest BCUT2D eigenvalue weighted by Crippen LogP contribution is 2.48. The molecule has 0 radical (unpaired) electrons. The summed E-state index contributed by atoms with van der Waals surface area (Å²) >= 11 is 0. The maximum atomic E-state index is 13.0. The summed E-state index contributed by atoms with van der Waals surface area (Å²) in [6.45, 7) is 15.2. The van der Waals surface area contributed by atoms with E-state index in [0.29, 0.717) is 13.0 Å². The molecule has 1 heterocycles. The third-order valence-electron chi connectivity index (χ3n) is 6.57. The molecule has 2 rings (SSSR count). The minimum atomic E-state index is -0.791. The standard InChI is InChI=1S/C27H44N2O4/c1-8-10-11-12-13-14-15-29-20(17-22(30)31)16-21-18(3)25(33-9-2)19(4)23(24(21)29)28-26(32)27(5,6)7/h20H,8-17H2,1-7H3,(H,28,32)(H,30,31). The van der Waals surface area contributed by atoms with Crippen molar-refractivity contribution in [2.45, 2.75) is 106 Å². The fraction of sp³-hybridized carbons (Fsp3) is 0.704. The quantitative estimate of drug-likeness (QED) is 0.360. The zero-order valence-electron chi connectivity index (χ0n) is 21.8. The van der Waals surface area contributed by atoms with E-state index in [1.165, 1.54) is 25.7 Å². The van der Waals surface area contributed by atoms with Crippen LogP contribution in [0.1, 0.15) is 96.3 Å². The highest BCUT2D eigenvalue weighted by Gasteiger charge is 2.37. The molecular weight excluding hydrogens is 416 g/mol. The molecule has 6 nitrogen and oxygen atoms in total. The third kappa shape index (κ3) is 6.64. The van der Waals surface area contributed by atoms with Gasteiger partial charge in [-0.15, -0.1) is 0 Å². The van der Waals surface area contributed by atoms with E-state index in [2.05, 4.69) is 24.1 Å². The minimum Gasteiger partial charge on any atom is -0.493 e. The van der Waals surface area contributed by atoms with Gasteiger partial charge in [-0.3, -0.25) is 9.59 Å². The smallest absolute Gasteiger partial charge is 0.305 e. The molecule has 1 aliphatic heterocycles.